The second kappa shape index (κ2) is 10.6. The lowest BCUT2D eigenvalue weighted by molar-refractivity contribution is 0.0497. The first-order chi connectivity index (χ1) is 12.6. The molecule has 0 aliphatic rings. The Morgan fingerprint density at radius 2 is 1.58 bits per heavy atom. The van der Waals surface area contributed by atoms with Gasteiger partial charge < -0.3 is 9.47 Å². The van der Waals surface area contributed by atoms with E-state index < -0.39 is 11.9 Å². The van der Waals surface area contributed by atoms with Crippen molar-refractivity contribution in [2.24, 2.45) is 0 Å². The fraction of sp³-hybridized carbons (Fsp3) is 0.333. The van der Waals surface area contributed by atoms with Crippen molar-refractivity contribution in [2.45, 2.75) is 39.0 Å². The van der Waals surface area contributed by atoms with E-state index in [1.807, 2.05) is 0 Å². The largest absolute Gasteiger partial charge is 0.462 e. The van der Waals surface area contributed by atoms with Crippen molar-refractivity contribution in [2.75, 3.05) is 6.61 Å². The molecule has 0 saturated carbocycles. The number of hydrogen-bond donors (Lipinski definition) is 0. The van der Waals surface area contributed by atoms with Gasteiger partial charge in [0.1, 0.15) is 5.75 Å². The summed E-state index contributed by atoms with van der Waals surface area (Å²) < 4.78 is 10.5. The number of esters is 2. The normalized spacial score (nSPS) is 10.4. The second-order valence-electron chi connectivity index (χ2n) is 5.98. The number of halogens is 1. The molecule has 0 amide bonds. The molecule has 26 heavy (non-hydrogen) atoms. The number of carbonyl (C=O) groups is 2. The van der Waals surface area contributed by atoms with Gasteiger partial charge in [-0.25, -0.2) is 9.59 Å². The molecule has 0 fully saturated rings. The Hall–Kier alpha value is -2.33. The monoisotopic (exact) mass is 374 g/mol. The summed E-state index contributed by atoms with van der Waals surface area (Å²) in [5.41, 5.74) is 0.612. The Balaban J connectivity index is 1.90. The molecule has 0 heterocycles. The van der Waals surface area contributed by atoms with Crippen molar-refractivity contribution in [3.63, 3.8) is 0 Å². The van der Waals surface area contributed by atoms with Gasteiger partial charge in [0.05, 0.1) is 17.7 Å². The Labute approximate surface area is 159 Å². The van der Waals surface area contributed by atoms with E-state index in [2.05, 4.69) is 6.92 Å². The van der Waals surface area contributed by atoms with Crippen LogP contribution in [0.1, 0.15) is 59.7 Å². The number of benzene rings is 2. The minimum absolute atomic E-state index is 0.280. The average Bonchev–Trinajstić information content (AvgIpc) is 2.64. The SMILES string of the molecule is CCCCCCCOC(=O)c1cccc(C(=O)Oc2cccc(Cl)c2)c1. The first-order valence-corrected chi connectivity index (χ1v) is 9.23. The van der Waals surface area contributed by atoms with Crippen LogP contribution in [0.5, 0.6) is 5.75 Å². The standard InChI is InChI=1S/C21H23ClO4/c1-2-3-4-5-6-13-25-20(23)16-9-7-10-17(14-16)21(24)26-19-12-8-11-18(22)15-19/h7-12,14-15H,2-6,13H2,1H3. The molecule has 2 aromatic carbocycles. The van der Waals surface area contributed by atoms with Gasteiger partial charge in [0.25, 0.3) is 0 Å². The molecule has 5 heteroatoms. The van der Waals surface area contributed by atoms with Gasteiger partial charge in [0.15, 0.2) is 0 Å². The van der Waals surface area contributed by atoms with E-state index in [-0.39, 0.29) is 5.56 Å². The summed E-state index contributed by atoms with van der Waals surface area (Å²) in [6.45, 7) is 2.55. The zero-order valence-corrected chi connectivity index (χ0v) is 15.6. The van der Waals surface area contributed by atoms with Crippen LogP contribution in [0.15, 0.2) is 48.5 Å². The average molecular weight is 375 g/mol. The van der Waals surface area contributed by atoms with E-state index in [1.54, 1.807) is 42.5 Å². The smallest absolute Gasteiger partial charge is 0.343 e. The van der Waals surface area contributed by atoms with Gasteiger partial charge in [-0.3, -0.25) is 0 Å². The highest BCUT2D eigenvalue weighted by molar-refractivity contribution is 6.30. The predicted molar refractivity (Wildman–Crippen MR) is 102 cm³/mol. The van der Waals surface area contributed by atoms with Crippen molar-refractivity contribution in [3.05, 3.63) is 64.7 Å². The van der Waals surface area contributed by atoms with Gasteiger partial charge in [-0.05, 0) is 42.8 Å². The van der Waals surface area contributed by atoms with Crippen LogP contribution in [-0.2, 0) is 4.74 Å². The molecule has 0 aliphatic carbocycles. The molecule has 0 saturated heterocycles. The summed E-state index contributed by atoms with van der Waals surface area (Å²) in [6.07, 6.45) is 5.43. The van der Waals surface area contributed by atoms with Crippen LogP contribution in [0.4, 0.5) is 0 Å². The van der Waals surface area contributed by atoms with E-state index in [0.717, 1.165) is 19.3 Å². The molecule has 2 aromatic rings. The van der Waals surface area contributed by atoms with Crippen molar-refractivity contribution in [3.8, 4) is 5.75 Å². The first kappa shape index (κ1) is 20.0. The van der Waals surface area contributed by atoms with Crippen LogP contribution in [0.25, 0.3) is 0 Å². The van der Waals surface area contributed by atoms with Crippen LogP contribution in [0.3, 0.4) is 0 Å². The van der Waals surface area contributed by atoms with Crippen molar-refractivity contribution < 1.29 is 19.1 Å². The molecule has 0 unspecified atom stereocenters. The minimum atomic E-state index is -0.554. The maximum Gasteiger partial charge on any atom is 0.343 e. The minimum Gasteiger partial charge on any atom is -0.462 e. The molecule has 138 valence electrons. The number of carbonyl (C=O) groups excluding carboxylic acids is 2. The number of unbranched alkanes of at least 4 members (excludes halogenated alkanes) is 4. The summed E-state index contributed by atoms with van der Waals surface area (Å²) in [6, 6.07) is 12.9. The third-order valence-electron chi connectivity index (χ3n) is 3.82. The maximum absolute atomic E-state index is 12.2. The quantitative estimate of drug-likeness (QED) is 0.321. The lowest BCUT2D eigenvalue weighted by Crippen LogP contribution is -2.11. The van der Waals surface area contributed by atoms with Gasteiger partial charge in [0.2, 0.25) is 0 Å². The van der Waals surface area contributed by atoms with Crippen LogP contribution < -0.4 is 4.74 Å². The molecule has 4 nitrogen and oxygen atoms in total. The topological polar surface area (TPSA) is 52.6 Å². The van der Waals surface area contributed by atoms with Crippen molar-refractivity contribution in [1.29, 1.82) is 0 Å². The molecule has 0 bridgehead atoms. The van der Waals surface area contributed by atoms with Gasteiger partial charge in [-0.15, -0.1) is 0 Å². The third-order valence-corrected chi connectivity index (χ3v) is 4.06. The summed E-state index contributed by atoms with van der Waals surface area (Å²) in [5, 5.41) is 0.478. The Morgan fingerprint density at radius 1 is 0.885 bits per heavy atom. The third kappa shape index (κ3) is 6.52. The Bertz CT molecular complexity index is 742. The number of ether oxygens (including phenoxy) is 2. The van der Waals surface area contributed by atoms with Gasteiger partial charge in [0, 0.05) is 5.02 Å². The molecule has 0 radical (unpaired) electrons. The fourth-order valence-electron chi connectivity index (χ4n) is 2.42. The molecule has 0 spiro atoms. The van der Waals surface area contributed by atoms with Gasteiger partial charge >= 0.3 is 11.9 Å². The van der Waals surface area contributed by atoms with Crippen molar-refractivity contribution >= 4 is 23.5 Å². The molecular weight excluding hydrogens is 352 g/mol. The Kier molecular flexibility index (Phi) is 8.16. The molecule has 0 atom stereocenters. The van der Waals surface area contributed by atoms with Crippen molar-refractivity contribution in [1.82, 2.24) is 0 Å². The van der Waals surface area contributed by atoms with E-state index in [1.165, 1.54) is 18.9 Å². The summed E-state index contributed by atoms with van der Waals surface area (Å²) in [5.74, 6) is -0.637. The molecule has 2 rings (SSSR count). The number of rotatable bonds is 9. The predicted octanol–water partition coefficient (Wildman–Crippen LogP) is 5.69. The van der Waals surface area contributed by atoms with Crippen LogP contribution in [0.2, 0.25) is 5.02 Å². The highest BCUT2D eigenvalue weighted by atomic mass is 35.5. The fourth-order valence-corrected chi connectivity index (χ4v) is 2.60. The molecule has 0 N–H and O–H groups in total. The van der Waals surface area contributed by atoms with Gasteiger partial charge in [-0.2, -0.15) is 0 Å². The zero-order valence-electron chi connectivity index (χ0n) is 14.9. The van der Waals surface area contributed by atoms with Crippen LogP contribution in [-0.4, -0.2) is 18.5 Å². The van der Waals surface area contributed by atoms with Crippen LogP contribution in [0, 0.1) is 0 Å². The maximum atomic E-state index is 12.2. The molecular formula is C21H23ClO4. The van der Waals surface area contributed by atoms with E-state index in [0.29, 0.717) is 22.9 Å². The highest BCUT2D eigenvalue weighted by Gasteiger charge is 2.13. The Morgan fingerprint density at radius 3 is 2.31 bits per heavy atom. The van der Waals surface area contributed by atoms with E-state index in [4.69, 9.17) is 21.1 Å². The number of hydrogen-bond acceptors (Lipinski definition) is 4. The summed E-state index contributed by atoms with van der Waals surface area (Å²) in [4.78, 5) is 24.4. The lowest BCUT2D eigenvalue weighted by Gasteiger charge is -2.07. The lowest BCUT2D eigenvalue weighted by atomic mass is 10.1. The summed E-state index contributed by atoms with van der Waals surface area (Å²) >= 11 is 5.88. The van der Waals surface area contributed by atoms with E-state index >= 15 is 0 Å². The summed E-state index contributed by atoms with van der Waals surface area (Å²) in [7, 11) is 0. The van der Waals surface area contributed by atoms with E-state index in [9.17, 15) is 9.59 Å². The molecule has 0 aromatic heterocycles. The van der Waals surface area contributed by atoms with Gasteiger partial charge in [-0.1, -0.05) is 56.3 Å². The second-order valence-corrected chi connectivity index (χ2v) is 6.41. The highest BCUT2D eigenvalue weighted by Crippen LogP contribution is 2.19. The molecule has 0 aliphatic heterocycles. The zero-order chi connectivity index (χ0) is 18.8. The first-order valence-electron chi connectivity index (χ1n) is 8.85. The van der Waals surface area contributed by atoms with Crippen LogP contribution >= 0.6 is 11.6 Å².